The SMILES string of the molecule is CCOc1ccc(-n2c(SCC(=O)OCc3nc(N)nc(N)n3)nc3ccccc32)cc1. The normalized spacial score (nSPS) is 10.9. The Balaban J connectivity index is 1.50. The van der Waals surface area contributed by atoms with Crippen molar-refractivity contribution in [2.24, 2.45) is 0 Å². The van der Waals surface area contributed by atoms with Crippen LogP contribution in [0.3, 0.4) is 0 Å². The van der Waals surface area contributed by atoms with Gasteiger partial charge in [0.25, 0.3) is 0 Å². The van der Waals surface area contributed by atoms with Gasteiger partial charge in [-0.3, -0.25) is 9.36 Å². The number of carbonyl (C=O) groups excluding carboxylic acids is 1. The lowest BCUT2D eigenvalue weighted by Gasteiger charge is -2.10. The second kappa shape index (κ2) is 9.52. The molecular weight excluding hydrogens is 430 g/mol. The Bertz CT molecular complexity index is 1220. The van der Waals surface area contributed by atoms with Crippen molar-refractivity contribution in [3.63, 3.8) is 0 Å². The van der Waals surface area contributed by atoms with E-state index in [1.54, 1.807) is 0 Å². The van der Waals surface area contributed by atoms with Gasteiger partial charge in [0.1, 0.15) is 5.75 Å². The number of aromatic nitrogens is 5. The molecular formula is C21H21N7O3S. The maximum atomic E-state index is 12.3. The van der Waals surface area contributed by atoms with Crippen LogP contribution in [0.4, 0.5) is 11.9 Å². The number of hydrogen-bond donors (Lipinski definition) is 2. The van der Waals surface area contributed by atoms with Gasteiger partial charge in [-0.25, -0.2) is 4.98 Å². The minimum absolute atomic E-state index is 0.0259. The molecule has 0 unspecified atom stereocenters. The molecule has 4 rings (SSSR count). The van der Waals surface area contributed by atoms with Gasteiger partial charge in [-0.05, 0) is 43.3 Å². The standard InChI is InChI=1S/C21H21N7O3S/c1-2-30-14-9-7-13(8-10-14)28-16-6-4-3-5-15(16)24-21(28)32-12-18(29)31-11-17-25-19(22)27-20(23)26-17/h3-10H,2,11-12H2,1H3,(H4,22,23,25,26,27). The summed E-state index contributed by atoms with van der Waals surface area (Å²) in [7, 11) is 0. The zero-order valence-electron chi connectivity index (χ0n) is 17.3. The molecule has 0 aliphatic carbocycles. The van der Waals surface area contributed by atoms with E-state index in [-0.39, 0.29) is 30.1 Å². The van der Waals surface area contributed by atoms with Crippen molar-refractivity contribution in [3.8, 4) is 11.4 Å². The molecule has 0 bridgehead atoms. The predicted octanol–water partition coefficient (Wildman–Crippen LogP) is 2.61. The second-order valence-corrected chi connectivity index (χ2v) is 7.51. The van der Waals surface area contributed by atoms with Gasteiger partial charge in [0.05, 0.1) is 23.4 Å². The predicted molar refractivity (Wildman–Crippen MR) is 121 cm³/mol. The van der Waals surface area contributed by atoms with E-state index in [0.717, 1.165) is 22.5 Å². The number of esters is 1. The van der Waals surface area contributed by atoms with Gasteiger partial charge in [0, 0.05) is 5.69 Å². The fraction of sp³-hybridized carbons (Fsp3) is 0.190. The number of hydrogen-bond acceptors (Lipinski definition) is 10. The Morgan fingerprint density at radius 3 is 2.44 bits per heavy atom. The van der Waals surface area contributed by atoms with Crippen LogP contribution in [0.2, 0.25) is 0 Å². The molecule has 0 atom stereocenters. The number of ether oxygens (including phenoxy) is 2. The summed E-state index contributed by atoms with van der Waals surface area (Å²) in [6.45, 7) is 2.39. The first kappa shape index (κ1) is 21.4. The number of nitrogens with zero attached hydrogens (tertiary/aromatic N) is 5. The van der Waals surface area contributed by atoms with Gasteiger partial charge in [0.15, 0.2) is 17.6 Å². The first-order valence-electron chi connectivity index (χ1n) is 9.78. The molecule has 2 heterocycles. The molecule has 10 nitrogen and oxygen atoms in total. The molecule has 4 N–H and O–H groups in total. The molecule has 4 aromatic rings. The summed E-state index contributed by atoms with van der Waals surface area (Å²) in [6.07, 6.45) is 0. The van der Waals surface area contributed by atoms with E-state index in [2.05, 4.69) is 19.9 Å². The third-order valence-corrected chi connectivity index (χ3v) is 5.25. The van der Waals surface area contributed by atoms with Crippen LogP contribution in [0.5, 0.6) is 5.75 Å². The fourth-order valence-corrected chi connectivity index (χ4v) is 3.87. The van der Waals surface area contributed by atoms with Crippen molar-refractivity contribution < 1.29 is 14.3 Å². The third kappa shape index (κ3) is 4.89. The summed E-state index contributed by atoms with van der Waals surface area (Å²) < 4.78 is 12.8. The van der Waals surface area contributed by atoms with Crippen molar-refractivity contribution in [2.45, 2.75) is 18.7 Å². The van der Waals surface area contributed by atoms with Crippen LogP contribution in [0.25, 0.3) is 16.7 Å². The fourth-order valence-electron chi connectivity index (χ4n) is 3.04. The highest BCUT2D eigenvalue weighted by Gasteiger charge is 2.15. The lowest BCUT2D eigenvalue weighted by atomic mass is 10.2. The van der Waals surface area contributed by atoms with E-state index in [9.17, 15) is 4.79 Å². The average molecular weight is 452 g/mol. The lowest BCUT2D eigenvalue weighted by Crippen LogP contribution is -2.12. The summed E-state index contributed by atoms with van der Waals surface area (Å²) in [4.78, 5) is 28.5. The molecule has 0 fully saturated rings. The average Bonchev–Trinajstić information content (AvgIpc) is 3.15. The van der Waals surface area contributed by atoms with Crippen molar-refractivity contribution in [1.29, 1.82) is 0 Å². The van der Waals surface area contributed by atoms with E-state index in [4.69, 9.17) is 20.9 Å². The Kier molecular flexibility index (Phi) is 6.36. The Morgan fingerprint density at radius 2 is 1.72 bits per heavy atom. The number of nitrogens with two attached hydrogens (primary N) is 2. The number of carbonyl (C=O) groups is 1. The second-order valence-electron chi connectivity index (χ2n) is 6.56. The van der Waals surface area contributed by atoms with Crippen molar-refractivity contribution >= 4 is 40.7 Å². The molecule has 0 amide bonds. The number of anilines is 2. The summed E-state index contributed by atoms with van der Waals surface area (Å²) >= 11 is 1.28. The number of benzene rings is 2. The minimum atomic E-state index is -0.446. The molecule has 0 spiro atoms. The molecule has 32 heavy (non-hydrogen) atoms. The van der Waals surface area contributed by atoms with Gasteiger partial charge in [-0.1, -0.05) is 23.9 Å². The van der Waals surface area contributed by atoms with Gasteiger partial charge < -0.3 is 20.9 Å². The first-order valence-corrected chi connectivity index (χ1v) is 10.8. The molecule has 2 aromatic carbocycles. The van der Waals surface area contributed by atoms with E-state index in [0.29, 0.717) is 11.8 Å². The summed E-state index contributed by atoms with van der Waals surface area (Å²) in [5, 5.41) is 0.668. The summed E-state index contributed by atoms with van der Waals surface area (Å²) in [5.41, 5.74) is 13.7. The number of rotatable bonds is 8. The first-order chi connectivity index (χ1) is 15.5. The van der Waals surface area contributed by atoms with Crippen LogP contribution in [0.1, 0.15) is 12.7 Å². The van der Waals surface area contributed by atoms with Gasteiger partial charge in [-0.15, -0.1) is 0 Å². The van der Waals surface area contributed by atoms with Crippen molar-refractivity contribution in [3.05, 3.63) is 54.4 Å². The quantitative estimate of drug-likeness (QED) is 0.303. The number of imidazole rings is 1. The zero-order valence-corrected chi connectivity index (χ0v) is 18.1. The zero-order chi connectivity index (χ0) is 22.5. The number of thioether (sulfide) groups is 1. The summed E-state index contributed by atoms with van der Waals surface area (Å²) in [6, 6.07) is 15.5. The van der Waals surface area contributed by atoms with Crippen molar-refractivity contribution in [1.82, 2.24) is 24.5 Å². The molecule has 11 heteroatoms. The third-order valence-electron chi connectivity index (χ3n) is 4.33. The number of nitrogen functional groups attached to an aromatic ring is 2. The maximum absolute atomic E-state index is 12.3. The van der Waals surface area contributed by atoms with E-state index in [1.165, 1.54) is 11.8 Å². The van der Waals surface area contributed by atoms with Crippen LogP contribution < -0.4 is 16.2 Å². The molecule has 164 valence electrons. The Labute approximate surface area is 188 Å². The van der Waals surface area contributed by atoms with Gasteiger partial charge in [-0.2, -0.15) is 15.0 Å². The van der Waals surface area contributed by atoms with E-state index < -0.39 is 5.97 Å². The monoisotopic (exact) mass is 451 g/mol. The molecule has 0 aliphatic heterocycles. The number of fused-ring (bicyclic) bond motifs is 1. The maximum Gasteiger partial charge on any atom is 0.316 e. The highest BCUT2D eigenvalue weighted by atomic mass is 32.2. The van der Waals surface area contributed by atoms with E-state index in [1.807, 2.05) is 60.0 Å². The van der Waals surface area contributed by atoms with Crippen molar-refractivity contribution in [2.75, 3.05) is 23.8 Å². The lowest BCUT2D eigenvalue weighted by molar-refractivity contribution is -0.141. The molecule has 0 saturated heterocycles. The molecule has 0 radical (unpaired) electrons. The highest BCUT2D eigenvalue weighted by molar-refractivity contribution is 7.99. The van der Waals surface area contributed by atoms with Crippen LogP contribution in [0.15, 0.2) is 53.7 Å². The topological polar surface area (TPSA) is 144 Å². The van der Waals surface area contributed by atoms with E-state index >= 15 is 0 Å². The number of para-hydroxylation sites is 2. The Hall–Kier alpha value is -3.86. The largest absolute Gasteiger partial charge is 0.494 e. The van der Waals surface area contributed by atoms with Crippen LogP contribution in [-0.2, 0) is 16.1 Å². The smallest absolute Gasteiger partial charge is 0.316 e. The minimum Gasteiger partial charge on any atom is -0.494 e. The van der Waals surface area contributed by atoms with Gasteiger partial charge >= 0.3 is 5.97 Å². The molecule has 0 aliphatic rings. The molecule has 2 aromatic heterocycles. The van der Waals surface area contributed by atoms with Crippen LogP contribution >= 0.6 is 11.8 Å². The van der Waals surface area contributed by atoms with Crippen LogP contribution in [-0.4, -0.2) is 42.8 Å². The Morgan fingerprint density at radius 1 is 1.00 bits per heavy atom. The molecule has 0 saturated carbocycles. The highest BCUT2D eigenvalue weighted by Crippen LogP contribution is 2.29. The van der Waals surface area contributed by atoms with Crippen LogP contribution in [0, 0.1) is 0 Å². The summed E-state index contributed by atoms with van der Waals surface area (Å²) in [5.74, 6) is 0.533. The van der Waals surface area contributed by atoms with Gasteiger partial charge in [0.2, 0.25) is 11.9 Å².